The summed E-state index contributed by atoms with van der Waals surface area (Å²) in [6.45, 7) is 0.704. The van der Waals surface area contributed by atoms with Gasteiger partial charge in [0.25, 0.3) is 0 Å². The summed E-state index contributed by atoms with van der Waals surface area (Å²) >= 11 is 3.17. The molecule has 110 valence electrons. The SMILES string of the molecule is NC1C2CCOC2C1Nc1ccc(C(F)(F)F)cc1Br. The standard InChI is InChI=1S/C13H14BrF3N2O/c14-8-5-6(13(15,16)17)1-2-9(8)19-11-10(18)7-3-4-20-12(7)11/h1-2,5,7,10-12,19H,3-4,18H2. The van der Waals surface area contributed by atoms with Gasteiger partial charge in [-0.1, -0.05) is 0 Å². The summed E-state index contributed by atoms with van der Waals surface area (Å²) in [6.07, 6.45) is -3.31. The summed E-state index contributed by atoms with van der Waals surface area (Å²) in [7, 11) is 0. The quantitative estimate of drug-likeness (QED) is 0.861. The minimum atomic E-state index is -4.34. The molecular formula is C13H14BrF3N2O. The summed E-state index contributed by atoms with van der Waals surface area (Å²) in [6, 6.07) is 3.48. The lowest BCUT2D eigenvalue weighted by molar-refractivity contribution is -0.137. The van der Waals surface area contributed by atoms with Crippen LogP contribution in [-0.4, -0.2) is 24.8 Å². The Balaban J connectivity index is 1.75. The number of hydrogen-bond donors (Lipinski definition) is 2. The Bertz CT molecular complexity index is 523. The van der Waals surface area contributed by atoms with Gasteiger partial charge in [-0.05, 0) is 40.5 Å². The molecule has 1 heterocycles. The number of rotatable bonds is 2. The first-order chi connectivity index (χ1) is 9.38. The fourth-order valence-electron chi connectivity index (χ4n) is 2.92. The number of nitrogens with one attached hydrogen (secondary N) is 1. The van der Waals surface area contributed by atoms with Crippen LogP contribution in [0.3, 0.4) is 0 Å². The first kappa shape index (κ1) is 14.2. The van der Waals surface area contributed by atoms with Crippen molar-refractivity contribution in [3.63, 3.8) is 0 Å². The zero-order chi connectivity index (χ0) is 14.5. The highest BCUT2D eigenvalue weighted by Crippen LogP contribution is 2.41. The van der Waals surface area contributed by atoms with Crippen molar-refractivity contribution in [3.8, 4) is 0 Å². The molecule has 3 nitrogen and oxygen atoms in total. The van der Waals surface area contributed by atoms with Crippen molar-refractivity contribution in [3.05, 3.63) is 28.2 Å². The molecule has 1 aromatic rings. The van der Waals surface area contributed by atoms with Crippen molar-refractivity contribution in [2.75, 3.05) is 11.9 Å². The molecule has 0 spiro atoms. The Kier molecular flexibility index (Phi) is 3.46. The van der Waals surface area contributed by atoms with E-state index in [9.17, 15) is 13.2 Å². The van der Waals surface area contributed by atoms with Crippen LogP contribution in [0.4, 0.5) is 18.9 Å². The van der Waals surface area contributed by atoms with E-state index in [1.54, 1.807) is 0 Å². The molecule has 0 aromatic heterocycles. The van der Waals surface area contributed by atoms with Gasteiger partial charge in [-0.15, -0.1) is 0 Å². The van der Waals surface area contributed by atoms with E-state index in [2.05, 4.69) is 21.2 Å². The number of nitrogens with two attached hydrogens (primary N) is 1. The van der Waals surface area contributed by atoms with E-state index in [0.717, 1.165) is 18.6 Å². The molecule has 20 heavy (non-hydrogen) atoms. The molecule has 3 N–H and O–H groups in total. The molecule has 0 radical (unpaired) electrons. The van der Waals surface area contributed by atoms with Crippen molar-refractivity contribution < 1.29 is 17.9 Å². The van der Waals surface area contributed by atoms with E-state index in [1.807, 2.05) is 0 Å². The molecule has 1 saturated carbocycles. The highest BCUT2D eigenvalue weighted by atomic mass is 79.9. The molecule has 2 fully saturated rings. The van der Waals surface area contributed by atoms with Gasteiger partial charge in [-0.2, -0.15) is 13.2 Å². The zero-order valence-electron chi connectivity index (χ0n) is 10.5. The molecule has 7 heteroatoms. The van der Waals surface area contributed by atoms with E-state index in [1.165, 1.54) is 6.07 Å². The van der Waals surface area contributed by atoms with Crippen LogP contribution in [0.25, 0.3) is 0 Å². The molecule has 4 unspecified atom stereocenters. The Morgan fingerprint density at radius 3 is 2.75 bits per heavy atom. The molecule has 1 aromatic carbocycles. The average Bonchev–Trinajstić information content (AvgIpc) is 2.80. The van der Waals surface area contributed by atoms with Crippen LogP contribution in [0.15, 0.2) is 22.7 Å². The largest absolute Gasteiger partial charge is 0.416 e. The van der Waals surface area contributed by atoms with Crippen molar-refractivity contribution in [1.29, 1.82) is 0 Å². The van der Waals surface area contributed by atoms with Gasteiger partial charge < -0.3 is 15.8 Å². The predicted octanol–water partition coefficient (Wildman–Crippen LogP) is 2.99. The van der Waals surface area contributed by atoms with Crippen LogP contribution in [0.5, 0.6) is 0 Å². The molecule has 0 bridgehead atoms. The monoisotopic (exact) mass is 350 g/mol. The number of hydrogen-bond acceptors (Lipinski definition) is 3. The molecule has 1 aliphatic carbocycles. The molecule has 1 saturated heterocycles. The van der Waals surface area contributed by atoms with E-state index in [0.29, 0.717) is 22.7 Å². The molecule has 1 aliphatic heterocycles. The molecule has 2 aliphatic rings. The lowest BCUT2D eigenvalue weighted by Gasteiger charge is -2.46. The van der Waals surface area contributed by atoms with Gasteiger partial charge in [0.1, 0.15) is 0 Å². The minimum Gasteiger partial charge on any atom is -0.377 e. The Morgan fingerprint density at radius 2 is 2.10 bits per heavy atom. The highest BCUT2D eigenvalue weighted by Gasteiger charge is 2.52. The maximum Gasteiger partial charge on any atom is 0.416 e. The summed E-state index contributed by atoms with van der Waals surface area (Å²) in [4.78, 5) is 0. The second-order valence-corrected chi connectivity index (χ2v) is 6.08. The van der Waals surface area contributed by atoms with Crippen LogP contribution in [0.2, 0.25) is 0 Å². The third-order valence-corrected chi connectivity index (χ3v) is 4.72. The lowest BCUT2D eigenvalue weighted by Crippen LogP contribution is -2.65. The summed E-state index contributed by atoms with van der Waals surface area (Å²) in [5.41, 5.74) is 5.99. The fourth-order valence-corrected chi connectivity index (χ4v) is 3.41. The highest BCUT2D eigenvalue weighted by molar-refractivity contribution is 9.10. The first-order valence-electron chi connectivity index (χ1n) is 6.38. The van der Waals surface area contributed by atoms with Crippen molar-refractivity contribution in [2.45, 2.75) is 30.8 Å². The van der Waals surface area contributed by atoms with Crippen LogP contribution in [0.1, 0.15) is 12.0 Å². The van der Waals surface area contributed by atoms with Gasteiger partial charge >= 0.3 is 6.18 Å². The number of halogens is 4. The van der Waals surface area contributed by atoms with Crippen LogP contribution in [0, 0.1) is 5.92 Å². The van der Waals surface area contributed by atoms with Crippen molar-refractivity contribution in [2.24, 2.45) is 11.7 Å². The fraction of sp³-hybridized carbons (Fsp3) is 0.538. The van der Waals surface area contributed by atoms with Gasteiger partial charge in [0.2, 0.25) is 0 Å². The number of benzene rings is 1. The number of anilines is 1. The van der Waals surface area contributed by atoms with Gasteiger partial charge in [0.05, 0.1) is 17.7 Å². The van der Waals surface area contributed by atoms with Crippen molar-refractivity contribution in [1.82, 2.24) is 0 Å². The maximum atomic E-state index is 12.6. The van der Waals surface area contributed by atoms with Crippen LogP contribution < -0.4 is 11.1 Å². The number of alkyl halides is 3. The predicted molar refractivity (Wildman–Crippen MR) is 72.4 cm³/mol. The normalized spacial score (nSPS) is 32.6. The maximum absolute atomic E-state index is 12.6. The Hall–Kier alpha value is -0.790. The van der Waals surface area contributed by atoms with Gasteiger partial charge in [0.15, 0.2) is 0 Å². The van der Waals surface area contributed by atoms with E-state index >= 15 is 0 Å². The average molecular weight is 351 g/mol. The molecule has 4 atom stereocenters. The van der Waals surface area contributed by atoms with Gasteiger partial charge in [0, 0.05) is 28.7 Å². The summed E-state index contributed by atoms with van der Waals surface area (Å²) in [5, 5.41) is 3.18. The van der Waals surface area contributed by atoms with Gasteiger partial charge in [-0.25, -0.2) is 0 Å². The topological polar surface area (TPSA) is 47.3 Å². The number of ether oxygens (including phenoxy) is 1. The third-order valence-electron chi connectivity index (χ3n) is 4.07. The smallest absolute Gasteiger partial charge is 0.377 e. The summed E-state index contributed by atoms with van der Waals surface area (Å²) in [5.74, 6) is 0.362. The van der Waals surface area contributed by atoms with Crippen molar-refractivity contribution >= 4 is 21.6 Å². The Morgan fingerprint density at radius 1 is 1.35 bits per heavy atom. The first-order valence-corrected chi connectivity index (χ1v) is 7.17. The number of fused-ring (bicyclic) bond motifs is 1. The molecule has 0 amide bonds. The summed E-state index contributed by atoms with van der Waals surface area (Å²) < 4.78 is 43.8. The van der Waals surface area contributed by atoms with E-state index in [4.69, 9.17) is 10.5 Å². The van der Waals surface area contributed by atoms with Crippen LogP contribution >= 0.6 is 15.9 Å². The Labute approximate surface area is 122 Å². The van der Waals surface area contributed by atoms with E-state index in [-0.39, 0.29) is 18.2 Å². The second-order valence-electron chi connectivity index (χ2n) is 5.23. The molecule has 3 rings (SSSR count). The third kappa shape index (κ3) is 2.31. The second kappa shape index (κ2) is 4.89. The zero-order valence-corrected chi connectivity index (χ0v) is 12.0. The van der Waals surface area contributed by atoms with Gasteiger partial charge in [-0.3, -0.25) is 0 Å². The minimum absolute atomic E-state index is 0.0170. The van der Waals surface area contributed by atoms with E-state index < -0.39 is 11.7 Å². The molecular weight excluding hydrogens is 337 g/mol. The van der Waals surface area contributed by atoms with Crippen LogP contribution in [-0.2, 0) is 10.9 Å². The lowest BCUT2D eigenvalue weighted by atomic mass is 9.72.